The maximum absolute atomic E-state index is 4.96. The van der Waals surface area contributed by atoms with Crippen molar-refractivity contribution in [3.63, 3.8) is 0 Å². The van der Waals surface area contributed by atoms with Crippen molar-refractivity contribution in [2.45, 2.75) is 45.2 Å². The number of pyridine rings is 1. The molecule has 1 fully saturated rings. The number of nitrogens with zero attached hydrogens (tertiary/aromatic N) is 2. The van der Waals surface area contributed by atoms with Gasteiger partial charge < -0.3 is 10.2 Å². The number of para-hydroxylation sites is 1. The number of rotatable bonds is 3. The van der Waals surface area contributed by atoms with Crippen LogP contribution in [0.1, 0.15) is 31.7 Å². The zero-order valence-electron chi connectivity index (χ0n) is 13.3. The fourth-order valence-electron chi connectivity index (χ4n) is 3.43. The monoisotopic (exact) mass is 283 g/mol. The van der Waals surface area contributed by atoms with Crippen LogP contribution in [0.15, 0.2) is 30.3 Å². The summed E-state index contributed by atoms with van der Waals surface area (Å²) in [7, 11) is 2.05. The smallest absolute Gasteiger partial charge is 0.132 e. The highest BCUT2D eigenvalue weighted by Gasteiger charge is 2.28. The van der Waals surface area contributed by atoms with Gasteiger partial charge in [0, 0.05) is 24.0 Å². The Kier molecular flexibility index (Phi) is 4.11. The van der Waals surface area contributed by atoms with Gasteiger partial charge >= 0.3 is 0 Å². The summed E-state index contributed by atoms with van der Waals surface area (Å²) >= 11 is 0. The van der Waals surface area contributed by atoms with Crippen LogP contribution >= 0.6 is 0 Å². The van der Waals surface area contributed by atoms with Crippen LogP contribution in [0.2, 0.25) is 0 Å². The first-order chi connectivity index (χ1) is 10.2. The third-order valence-corrected chi connectivity index (χ3v) is 4.74. The van der Waals surface area contributed by atoms with Crippen molar-refractivity contribution in [1.82, 2.24) is 10.3 Å². The number of anilines is 1. The summed E-state index contributed by atoms with van der Waals surface area (Å²) in [5.41, 5.74) is 2.38. The Bertz CT molecular complexity index is 623. The van der Waals surface area contributed by atoms with E-state index in [1.54, 1.807) is 0 Å². The third kappa shape index (κ3) is 2.75. The van der Waals surface area contributed by atoms with Gasteiger partial charge in [0.05, 0.1) is 5.52 Å². The summed E-state index contributed by atoms with van der Waals surface area (Å²) in [6.45, 7) is 5.58. The molecule has 0 spiro atoms. The molecule has 1 aromatic heterocycles. The Balaban J connectivity index is 2.02. The average molecular weight is 283 g/mol. The first-order valence-electron chi connectivity index (χ1n) is 8.01. The molecule has 1 aliphatic rings. The molecule has 3 rings (SSSR count). The molecule has 1 aromatic carbocycles. The molecule has 21 heavy (non-hydrogen) atoms. The Hall–Kier alpha value is -1.61. The van der Waals surface area contributed by atoms with Crippen molar-refractivity contribution in [3.05, 3.63) is 35.9 Å². The van der Waals surface area contributed by atoms with E-state index in [0.29, 0.717) is 12.1 Å². The second kappa shape index (κ2) is 6.02. The molecule has 1 aliphatic heterocycles. The van der Waals surface area contributed by atoms with Gasteiger partial charge in [-0.1, -0.05) is 18.2 Å². The van der Waals surface area contributed by atoms with E-state index in [1.165, 1.54) is 36.0 Å². The summed E-state index contributed by atoms with van der Waals surface area (Å²) in [5.74, 6) is 1.17. The highest BCUT2D eigenvalue weighted by Crippen LogP contribution is 2.29. The van der Waals surface area contributed by atoms with E-state index in [9.17, 15) is 0 Å². The van der Waals surface area contributed by atoms with Crippen LogP contribution in [0.5, 0.6) is 0 Å². The molecule has 2 heterocycles. The van der Waals surface area contributed by atoms with Crippen LogP contribution in [0.25, 0.3) is 10.9 Å². The third-order valence-electron chi connectivity index (χ3n) is 4.74. The Labute approximate surface area is 127 Å². The van der Waals surface area contributed by atoms with Crippen LogP contribution < -0.4 is 10.2 Å². The maximum atomic E-state index is 4.96. The lowest BCUT2D eigenvalue weighted by atomic mass is 9.96. The van der Waals surface area contributed by atoms with Gasteiger partial charge in [-0.2, -0.15) is 0 Å². The van der Waals surface area contributed by atoms with Crippen LogP contribution in [0.4, 0.5) is 5.82 Å². The van der Waals surface area contributed by atoms with E-state index in [-0.39, 0.29) is 0 Å². The molecule has 112 valence electrons. The second-order valence-corrected chi connectivity index (χ2v) is 6.16. The Morgan fingerprint density at radius 2 is 2.10 bits per heavy atom. The van der Waals surface area contributed by atoms with Gasteiger partial charge in [0.1, 0.15) is 5.82 Å². The van der Waals surface area contributed by atoms with Gasteiger partial charge in [-0.15, -0.1) is 0 Å². The number of fused-ring (bicyclic) bond motifs is 1. The van der Waals surface area contributed by atoms with E-state index in [2.05, 4.69) is 61.4 Å². The maximum Gasteiger partial charge on any atom is 0.132 e. The molecule has 0 saturated carbocycles. The molecular formula is C18H25N3. The van der Waals surface area contributed by atoms with Crippen LogP contribution in [-0.2, 0) is 0 Å². The minimum absolute atomic E-state index is 0.484. The highest BCUT2D eigenvalue weighted by molar-refractivity contribution is 5.81. The number of aryl methyl sites for hydroxylation is 1. The number of hydrogen-bond donors (Lipinski definition) is 1. The highest BCUT2D eigenvalue weighted by atomic mass is 15.2. The number of nitrogens with one attached hydrogen (secondary N) is 1. The summed E-state index contributed by atoms with van der Waals surface area (Å²) in [6.07, 6.45) is 3.83. The Morgan fingerprint density at radius 1 is 1.29 bits per heavy atom. The molecule has 1 saturated heterocycles. The molecule has 0 aliphatic carbocycles. The van der Waals surface area contributed by atoms with Gasteiger partial charge in [-0.05, 0) is 57.9 Å². The first-order valence-corrected chi connectivity index (χ1v) is 8.01. The van der Waals surface area contributed by atoms with E-state index in [1.807, 2.05) is 0 Å². The van der Waals surface area contributed by atoms with Gasteiger partial charge in [0.2, 0.25) is 0 Å². The van der Waals surface area contributed by atoms with E-state index < -0.39 is 0 Å². The zero-order chi connectivity index (χ0) is 14.8. The Morgan fingerprint density at radius 3 is 2.90 bits per heavy atom. The average Bonchev–Trinajstić information content (AvgIpc) is 2.53. The van der Waals surface area contributed by atoms with Gasteiger partial charge in [0.25, 0.3) is 0 Å². The molecule has 2 unspecified atom stereocenters. The van der Waals surface area contributed by atoms with E-state index >= 15 is 0 Å². The lowest BCUT2D eigenvalue weighted by molar-refractivity contribution is 0.380. The van der Waals surface area contributed by atoms with Crippen LogP contribution in [0, 0.1) is 6.92 Å². The van der Waals surface area contributed by atoms with Crippen molar-refractivity contribution >= 4 is 16.7 Å². The van der Waals surface area contributed by atoms with Crippen LogP contribution in [-0.4, -0.2) is 30.7 Å². The number of hydrogen-bond acceptors (Lipinski definition) is 3. The quantitative estimate of drug-likeness (QED) is 0.934. The fraction of sp³-hybridized carbons (Fsp3) is 0.500. The van der Waals surface area contributed by atoms with E-state index in [0.717, 1.165) is 12.1 Å². The number of likely N-dealkylation sites (N-methyl/N-ethyl adjacent to an activating group) is 1. The predicted molar refractivity (Wildman–Crippen MR) is 90.0 cm³/mol. The molecule has 3 heteroatoms. The second-order valence-electron chi connectivity index (χ2n) is 6.16. The zero-order valence-corrected chi connectivity index (χ0v) is 13.3. The molecule has 2 atom stereocenters. The minimum atomic E-state index is 0.484. The number of aromatic nitrogens is 1. The summed E-state index contributed by atoms with van der Waals surface area (Å²) < 4.78 is 0. The first kappa shape index (κ1) is 14.3. The van der Waals surface area contributed by atoms with E-state index in [4.69, 9.17) is 4.98 Å². The number of piperidine rings is 1. The van der Waals surface area contributed by atoms with Crippen molar-refractivity contribution in [1.29, 1.82) is 0 Å². The molecule has 0 radical (unpaired) electrons. The SMILES string of the molecule is CNC(C)C1CCCCN1c1nc2ccccc2cc1C. The normalized spacial score (nSPS) is 20.7. The molecule has 2 aromatic rings. The van der Waals surface area contributed by atoms with Gasteiger partial charge in [-0.3, -0.25) is 0 Å². The standard InChI is InChI=1S/C18H25N3/c1-13-12-15-8-4-5-9-16(15)20-18(13)21-11-7-6-10-17(21)14(2)19-3/h4-5,8-9,12,14,17,19H,6-7,10-11H2,1-3H3. The minimum Gasteiger partial charge on any atom is -0.352 e. The number of benzene rings is 1. The van der Waals surface area contributed by atoms with Crippen molar-refractivity contribution in [3.8, 4) is 0 Å². The summed E-state index contributed by atoms with van der Waals surface area (Å²) in [6, 6.07) is 11.7. The largest absolute Gasteiger partial charge is 0.352 e. The molecule has 0 amide bonds. The predicted octanol–water partition coefficient (Wildman–Crippen LogP) is 3.51. The molecule has 1 N–H and O–H groups in total. The molecule has 0 bridgehead atoms. The van der Waals surface area contributed by atoms with Gasteiger partial charge in [0.15, 0.2) is 0 Å². The molecular weight excluding hydrogens is 258 g/mol. The van der Waals surface area contributed by atoms with Crippen LogP contribution in [0.3, 0.4) is 0 Å². The van der Waals surface area contributed by atoms with Crippen molar-refractivity contribution in [2.75, 3.05) is 18.5 Å². The van der Waals surface area contributed by atoms with Crippen molar-refractivity contribution < 1.29 is 0 Å². The lowest BCUT2D eigenvalue weighted by Gasteiger charge is -2.40. The van der Waals surface area contributed by atoms with Gasteiger partial charge in [-0.25, -0.2) is 4.98 Å². The topological polar surface area (TPSA) is 28.2 Å². The van der Waals surface area contributed by atoms with Crippen molar-refractivity contribution in [2.24, 2.45) is 0 Å². The fourth-order valence-corrected chi connectivity index (χ4v) is 3.43. The summed E-state index contributed by atoms with van der Waals surface area (Å²) in [4.78, 5) is 7.48. The molecule has 3 nitrogen and oxygen atoms in total. The summed E-state index contributed by atoms with van der Waals surface area (Å²) in [5, 5.41) is 4.65. The lowest BCUT2D eigenvalue weighted by Crippen LogP contribution is -2.50.